The molecule has 2 N–H and O–H groups in total. The summed E-state index contributed by atoms with van der Waals surface area (Å²) in [6.07, 6.45) is 4.18. The smallest absolute Gasteiger partial charge is 0.137 e. The maximum atomic E-state index is 6.03. The predicted octanol–water partition coefficient (Wildman–Crippen LogP) is 3.83. The third-order valence-corrected chi connectivity index (χ3v) is 4.31. The lowest BCUT2D eigenvalue weighted by Gasteiger charge is -2.04. The minimum Gasteiger partial charge on any atom is -0.398 e. The Bertz CT molecular complexity index is 762. The van der Waals surface area contributed by atoms with E-state index < -0.39 is 0 Å². The zero-order chi connectivity index (χ0) is 14.1. The average molecular weight is 283 g/mol. The second-order valence-corrected chi connectivity index (χ2v) is 6.05. The molecule has 2 aromatic heterocycles. The summed E-state index contributed by atoms with van der Waals surface area (Å²) in [5, 5.41) is 0. The van der Waals surface area contributed by atoms with Crippen molar-refractivity contribution in [3.8, 4) is 0 Å². The largest absolute Gasteiger partial charge is 0.398 e. The number of imidazole rings is 1. The van der Waals surface area contributed by atoms with Crippen LogP contribution in [0.3, 0.4) is 0 Å². The van der Waals surface area contributed by atoms with Gasteiger partial charge in [0.15, 0.2) is 0 Å². The number of hydrogen-bond donors (Lipinski definition) is 1. The number of rotatable bonds is 3. The topological polar surface area (TPSA) is 43.3 Å². The average Bonchev–Trinajstić information content (AvgIpc) is 2.79. The van der Waals surface area contributed by atoms with E-state index in [-0.39, 0.29) is 0 Å². The highest BCUT2D eigenvalue weighted by atomic mass is 32.2. The molecule has 0 saturated carbocycles. The first kappa shape index (κ1) is 13.1. The van der Waals surface area contributed by atoms with E-state index in [2.05, 4.69) is 53.8 Å². The molecule has 1 aromatic carbocycles. The molecule has 3 nitrogen and oxygen atoms in total. The highest BCUT2D eigenvalue weighted by Crippen LogP contribution is 2.28. The molecule has 0 spiro atoms. The van der Waals surface area contributed by atoms with Crippen LogP contribution < -0.4 is 5.73 Å². The van der Waals surface area contributed by atoms with Crippen LogP contribution in [-0.4, -0.2) is 9.38 Å². The van der Waals surface area contributed by atoms with Crippen LogP contribution in [-0.2, 0) is 5.75 Å². The van der Waals surface area contributed by atoms with E-state index in [1.807, 2.05) is 12.1 Å². The van der Waals surface area contributed by atoms with Crippen molar-refractivity contribution in [3.63, 3.8) is 0 Å². The van der Waals surface area contributed by atoms with Crippen molar-refractivity contribution in [2.75, 3.05) is 5.73 Å². The fourth-order valence-electron chi connectivity index (χ4n) is 2.18. The second-order valence-electron chi connectivity index (χ2n) is 5.03. The number of hydrogen-bond acceptors (Lipinski definition) is 3. The van der Waals surface area contributed by atoms with E-state index in [0.717, 1.165) is 27.7 Å². The Morgan fingerprint density at radius 1 is 1.10 bits per heavy atom. The van der Waals surface area contributed by atoms with Crippen LogP contribution in [0.15, 0.2) is 47.6 Å². The third-order valence-electron chi connectivity index (χ3n) is 3.19. The van der Waals surface area contributed by atoms with Crippen molar-refractivity contribution in [3.05, 3.63) is 59.5 Å². The molecular weight excluding hydrogens is 266 g/mol. The monoisotopic (exact) mass is 283 g/mol. The molecule has 0 bridgehead atoms. The number of nitrogens with zero attached hydrogens (tertiary/aromatic N) is 2. The summed E-state index contributed by atoms with van der Waals surface area (Å²) in [4.78, 5) is 5.73. The lowest BCUT2D eigenvalue weighted by molar-refractivity contribution is 1.15. The molecule has 0 aliphatic heterocycles. The number of pyridine rings is 1. The van der Waals surface area contributed by atoms with Gasteiger partial charge >= 0.3 is 0 Å². The molecule has 4 heteroatoms. The van der Waals surface area contributed by atoms with Crippen LogP contribution in [0.1, 0.15) is 16.8 Å². The minimum atomic E-state index is 0.827. The number of thioether (sulfide) groups is 1. The fourth-order valence-corrected chi connectivity index (χ4v) is 3.01. The Morgan fingerprint density at radius 2 is 1.90 bits per heavy atom. The van der Waals surface area contributed by atoms with E-state index in [4.69, 9.17) is 5.73 Å². The van der Waals surface area contributed by atoms with Gasteiger partial charge in [-0.05, 0) is 43.2 Å². The van der Waals surface area contributed by atoms with Gasteiger partial charge < -0.3 is 10.1 Å². The maximum absolute atomic E-state index is 6.03. The minimum absolute atomic E-state index is 0.827. The van der Waals surface area contributed by atoms with Gasteiger partial charge in [-0.1, -0.05) is 12.1 Å². The molecule has 2 heterocycles. The fraction of sp³-hybridized carbons (Fsp3) is 0.188. The van der Waals surface area contributed by atoms with Crippen molar-refractivity contribution < 1.29 is 0 Å². The molecule has 3 aromatic rings. The number of benzene rings is 1. The number of aryl methyl sites for hydroxylation is 2. The summed E-state index contributed by atoms with van der Waals surface area (Å²) in [6.45, 7) is 4.14. The van der Waals surface area contributed by atoms with Crippen LogP contribution in [0.4, 0.5) is 5.69 Å². The molecule has 0 aliphatic rings. The number of nitrogen functional groups attached to an aromatic ring is 1. The van der Waals surface area contributed by atoms with Crippen LogP contribution in [0.5, 0.6) is 0 Å². The van der Waals surface area contributed by atoms with Crippen LogP contribution in [0, 0.1) is 13.8 Å². The van der Waals surface area contributed by atoms with Crippen LogP contribution in [0.2, 0.25) is 0 Å². The zero-order valence-electron chi connectivity index (χ0n) is 11.6. The molecule has 0 aliphatic carbocycles. The van der Waals surface area contributed by atoms with E-state index in [1.165, 1.54) is 11.1 Å². The van der Waals surface area contributed by atoms with E-state index in [9.17, 15) is 0 Å². The van der Waals surface area contributed by atoms with E-state index >= 15 is 0 Å². The van der Waals surface area contributed by atoms with Crippen molar-refractivity contribution in [2.45, 2.75) is 24.5 Å². The third kappa shape index (κ3) is 2.65. The Labute approximate surface area is 122 Å². The first-order valence-corrected chi connectivity index (χ1v) is 7.53. The maximum Gasteiger partial charge on any atom is 0.137 e. The molecule has 3 rings (SSSR count). The Balaban J connectivity index is 1.79. The molecule has 0 unspecified atom stereocenters. The molecule has 0 saturated heterocycles. The Hall–Kier alpha value is -1.94. The number of fused-ring (bicyclic) bond motifs is 1. The number of anilines is 1. The first-order valence-electron chi connectivity index (χ1n) is 6.55. The Kier molecular flexibility index (Phi) is 3.40. The van der Waals surface area contributed by atoms with Gasteiger partial charge in [-0.3, -0.25) is 0 Å². The first-order chi connectivity index (χ1) is 9.61. The van der Waals surface area contributed by atoms with Gasteiger partial charge in [-0.25, -0.2) is 4.98 Å². The van der Waals surface area contributed by atoms with Gasteiger partial charge in [-0.15, -0.1) is 11.8 Å². The molecule has 20 heavy (non-hydrogen) atoms. The normalized spacial score (nSPS) is 11.1. The van der Waals surface area contributed by atoms with Gasteiger partial charge in [0.25, 0.3) is 0 Å². The molecule has 0 fully saturated rings. The van der Waals surface area contributed by atoms with E-state index in [1.54, 1.807) is 11.8 Å². The molecule has 0 atom stereocenters. The highest BCUT2D eigenvalue weighted by Gasteiger charge is 2.05. The standard InChI is InChI=1S/C16H17N3S/c1-11-3-5-15(14(17)7-11)20-10-13-9-19-8-12(2)4-6-16(19)18-13/h3-9H,10,17H2,1-2H3. The van der Waals surface area contributed by atoms with Gasteiger partial charge in [0.05, 0.1) is 5.69 Å². The number of aromatic nitrogens is 2. The SMILES string of the molecule is Cc1ccc(SCc2cn3cc(C)ccc3n2)c(N)c1. The van der Waals surface area contributed by atoms with Gasteiger partial charge in [-0.2, -0.15) is 0 Å². The lowest BCUT2D eigenvalue weighted by Crippen LogP contribution is -1.90. The summed E-state index contributed by atoms with van der Waals surface area (Å²) in [7, 11) is 0. The van der Waals surface area contributed by atoms with Crippen molar-refractivity contribution in [1.29, 1.82) is 0 Å². The molecule has 0 amide bonds. The van der Waals surface area contributed by atoms with E-state index in [0.29, 0.717) is 0 Å². The van der Waals surface area contributed by atoms with Gasteiger partial charge in [0, 0.05) is 28.7 Å². The molecule has 0 radical (unpaired) electrons. The Morgan fingerprint density at radius 3 is 2.70 bits per heavy atom. The summed E-state index contributed by atoms with van der Waals surface area (Å²) < 4.78 is 2.07. The summed E-state index contributed by atoms with van der Waals surface area (Å²) in [5.74, 6) is 0.827. The second kappa shape index (κ2) is 5.21. The highest BCUT2D eigenvalue weighted by molar-refractivity contribution is 7.98. The van der Waals surface area contributed by atoms with Gasteiger partial charge in [0.1, 0.15) is 5.65 Å². The summed E-state index contributed by atoms with van der Waals surface area (Å²) in [5.41, 5.74) is 11.4. The van der Waals surface area contributed by atoms with Crippen molar-refractivity contribution in [2.24, 2.45) is 0 Å². The van der Waals surface area contributed by atoms with Crippen molar-refractivity contribution in [1.82, 2.24) is 9.38 Å². The summed E-state index contributed by atoms with van der Waals surface area (Å²) >= 11 is 1.73. The van der Waals surface area contributed by atoms with Crippen LogP contribution >= 0.6 is 11.8 Å². The zero-order valence-corrected chi connectivity index (χ0v) is 12.4. The predicted molar refractivity (Wildman–Crippen MR) is 85.1 cm³/mol. The number of nitrogens with two attached hydrogens (primary N) is 1. The quantitative estimate of drug-likeness (QED) is 0.587. The van der Waals surface area contributed by atoms with Crippen LogP contribution in [0.25, 0.3) is 5.65 Å². The van der Waals surface area contributed by atoms with Gasteiger partial charge in [0.2, 0.25) is 0 Å². The molecular formula is C16H17N3S. The summed E-state index contributed by atoms with van der Waals surface area (Å²) in [6, 6.07) is 10.3. The lowest BCUT2D eigenvalue weighted by atomic mass is 10.2. The molecule has 102 valence electrons. The van der Waals surface area contributed by atoms with Crippen molar-refractivity contribution >= 4 is 23.1 Å².